The number of benzene rings is 1. The molecule has 0 unspecified atom stereocenters. The number of thiocarbonyl (C=S) groups is 1. The van der Waals surface area contributed by atoms with Gasteiger partial charge < -0.3 is 10.5 Å². The second-order valence-electron chi connectivity index (χ2n) is 4.03. The largest absolute Gasteiger partial charge is 0.490 e. The van der Waals surface area contributed by atoms with Gasteiger partial charge in [0.1, 0.15) is 10.7 Å². The zero-order valence-corrected chi connectivity index (χ0v) is 9.64. The normalized spacial score (nSPS) is 15.8. The summed E-state index contributed by atoms with van der Waals surface area (Å²) in [6, 6.07) is 5.97. The molecule has 0 heterocycles. The van der Waals surface area contributed by atoms with Crippen LogP contribution in [0.15, 0.2) is 18.2 Å². The van der Waals surface area contributed by atoms with Crippen molar-refractivity contribution in [1.82, 2.24) is 0 Å². The Balaban J connectivity index is 2.23. The summed E-state index contributed by atoms with van der Waals surface area (Å²) < 4.78 is 5.83. The maximum atomic E-state index is 5.83. The average molecular weight is 221 g/mol. The van der Waals surface area contributed by atoms with Gasteiger partial charge in [0.15, 0.2) is 0 Å². The van der Waals surface area contributed by atoms with Gasteiger partial charge in [-0.15, -0.1) is 0 Å². The molecule has 80 valence electrons. The molecule has 0 aromatic heterocycles. The lowest BCUT2D eigenvalue weighted by molar-refractivity contribution is 0.120. The van der Waals surface area contributed by atoms with Crippen LogP contribution in [0, 0.1) is 6.92 Å². The third kappa shape index (κ3) is 2.29. The first-order valence-electron chi connectivity index (χ1n) is 5.24. The molecule has 0 aliphatic heterocycles. The van der Waals surface area contributed by atoms with Crippen molar-refractivity contribution < 1.29 is 4.74 Å². The molecule has 0 saturated heterocycles. The van der Waals surface area contributed by atoms with E-state index in [9.17, 15) is 0 Å². The molecule has 0 radical (unpaired) electrons. The fourth-order valence-corrected chi connectivity index (χ4v) is 1.77. The van der Waals surface area contributed by atoms with E-state index in [0.717, 1.165) is 29.7 Å². The van der Waals surface area contributed by atoms with E-state index in [4.69, 9.17) is 22.7 Å². The highest BCUT2D eigenvalue weighted by Crippen LogP contribution is 2.28. The van der Waals surface area contributed by atoms with Crippen molar-refractivity contribution in [1.29, 1.82) is 0 Å². The van der Waals surface area contributed by atoms with Crippen LogP contribution in [0.2, 0.25) is 0 Å². The second-order valence-corrected chi connectivity index (χ2v) is 4.47. The fraction of sp³-hybridized carbons (Fsp3) is 0.417. The Bertz CT molecular complexity index is 385. The first-order chi connectivity index (χ1) is 7.16. The van der Waals surface area contributed by atoms with Gasteiger partial charge >= 0.3 is 0 Å². The van der Waals surface area contributed by atoms with Crippen LogP contribution in [0.5, 0.6) is 5.75 Å². The van der Waals surface area contributed by atoms with Gasteiger partial charge in [-0.3, -0.25) is 0 Å². The SMILES string of the molecule is Cc1ccc(OC2CCC2)c(C(N)=S)c1. The van der Waals surface area contributed by atoms with Gasteiger partial charge in [0, 0.05) is 0 Å². The smallest absolute Gasteiger partial charge is 0.129 e. The number of hydrogen-bond acceptors (Lipinski definition) is 2. The molecule has 0 spiro atoms. The highest BCUT2D eigenvalue weighted by atomic mass is 32.1. The monoisotopic (exact) mass is 221 g/mol. The summed E-state index contributed by atoms with van der Waals surface area (Å²) in [5.74, 6) is 0.831. The number of ether oxygens (including phenoxy) is 1. The predicted octanol–water partition coefficient (Wildman–Crippen LogP) is 2.56. The van der Waals surface area contributed by atoms with E-state index in [1.54, 1.807) is 0 Å². The van der Waals surface area contributed by atoms with Crippen LogP contribution in [0.25, 0.3) is 0 Å². The number of aryl methyl sites for hydroxylation is 1. The minimum Gasteiger partial charge on any atom is -0.490 e. The van der Waals surface area contributed by atoms with Gasteiger partial charge in [-0.25, -0.2) is 0 Å². The van der Waals surface area contributed by atoms with Crippen LogP contribution >= 0.6 is 12.2 Å². The molecular formula is C12H15NOS. The van der Waals surface area contributed by atoms with E-state index >= 15 is 0 Å². The molecular weight excluding hydrogens is 206 g/mol. The topological polar surface area (TPSA) is 35.2 Å². The molecule has 1 fully saturated rings. The molecule has 1 saturated carbocycles. The number of nitrogens with two attached hydrogens (primary N) is 1. The average Bonchev–Trinajstić information content (AvgIpc) is 2.12. The van der Waals surface area contributed by atoms with Crippen LogP contribution in [-0.2, 0) is 0 Å². The van der Waals surface area contributed by atoms with E-state index in [0.29, 0.717) is 11.1 Å². The zero-order valence-electron chi connectivity index (χ0n) is 8.82. The molecule has 0 atom stereocenters. The summed E-state index contributed by atoms with van der Waals surface area (Å²) in [4.78, 5) is 0.410. The molecule has 15 heavy (non-hydrogen) atoms. The van der Waals surface area contributed by atoms with E-state index < -0.39 is 0 Å². The molecule has 2 rings (SSSR count). The predicted molar refractivity (Wildman–Crippen MR) is 65.3 cm³/mol. The van der Waals surface area contributed by atoms with Crippen LogP contribution in [0.4, 0.5) is 0 Å². The van der Waals surface area contributed by atoms with Crippen molar-refractivity contribution in [3.8, 4) is 5.75 Å². The molecule has 3 heteroatoms. The fourth-order valence-electron chi connectivity index (χ4n) is 1.61. The summed E-state index contributed by atoms with van der Waals surface area (Å²) in [5.41, 5.74) is 7.68. The van der Waals surface area contributed by atoms with Gasteiger partial charge in [-0.2, -0.15) is 0 Å². The molecule has 2 nitrogen and oxygen atoms in total. The van der Waals surface area contributed by atoms with Crippen molar-refractivity contribution in [3.63, 3.8) is 0 Å². The van der Waals surface area contributed by atoms with Crippen LogP contribution in [0.3, 0.4) is 0 Å². The Hall–Kier alpha value is -1.09. The Morgan fingerprint density at radius 2 is 2.20 bits per heavy atom. The Morgan fingerprint density at radius 1 is 1.47 bits per heavy atom. The summed E-state index contributed by atoms with van der Waals surface area (Å²) in [6.45, 7) is 2.02. The Labute approximate surface area is 95.4 Å². The Kier molecular flexibility index (Phi) is 2.91. The van der Waals surface area contributed by atoms with E-state index in [1.165, 1.54) is 6.42 Å². The number of hydrogen-bond donors (Lipinski definition) is 1. The van der Waals surface area contributed by atoms with Crippen LogP contribution < -0.4 is 10.5 Å². The van der Waals surface area contributed by atoms with Crippen molar-refractivity contribution >= 4 is 17.2 Å². The van der Waals surface area contributed by atoms with Gasteiger partial charge in [0.25, 0.3) is 0 Å². The van der Waals surface area contributed by atoms with Crippen molar-refractivity contribution in [2.45, 2.75) is 32.3 Å². The van der Waals surface area contributed by atoms with Crippen molar-refractivity contribution in [3.05, 3.63) is 29.3 Å². The maximum Gasteiger partial charge on any atom is 0.129 e. The Morgan fingerprint density at radius 3 is 2.73 bits per heavy atom. The molecule has 1 aromatic carbocycles. The quantitative estimate of drug-likeness (QED) is 0.797. The molecule has 0 amide bonds. The minimum atomic E-state index is 0.362. The highest BCUT2D eigenvalue weighted by molar-refractivity contribution is 7.80. The second kappa shape index (κ2) is 4.19. The molecule has 1 aliphatic rings. The lowest BCUT2D eigenvalue weighted by Gasteiger charge is -2.27. The first-order valence-corrected chi connectivity index (χ1v) is 5.65. The summed E-state index contributed by atoms with van der Waals surface area (Å²) in [6.07, 6.45) is 3.91. The zero-order chi connectivity index (χ0) is 10.8. The first kappa shape index (κ1) is 10.4. The summed E-state index contributed by atoms with van der Waals surface area (Å²) in [5, 5.41) is 0. The standard InChI is InChI=1S/C12H15NOS/c1-8-5-6-11(10(7-8)12(13)15)14-9-3-2-4-9/h5-7,9H,2-4H2,1H3,(H2,13,15). The van der Waals surface area contributed by atoms with Gasteiger partial charge in [-0.05, 0) is 38.3 Å². The van der Waals surface area contributed by atoms with E-state index in [-0.39, 0.29) is 0 Å². The highest BCUT2D eigenvalue weighted by Gasteiger charge is 2.20. The lowest BCUT2D eigenvalue weighted by Crippen LogP contribution is -2.26. The van der Waals surface area contributed by atoms with Crippen molar-refractivity contribution in [2.24, 2.45) is 5.73 Å². The van der Waals surface area contributed by atoms with Crippen LogP contribution in [-0.4, -0.2) is 11.1 Å². The maximum absolute atomic E-state index is 5.83. The van der Waals surface area contributed by atoms with E-state index in [1.807, 2.05) is 25.1 Å². The van der Waals surface area contributed by atoms with Crippen molar-refractivity contribution in [2.75, 3.05) is 0 Å². The summed E-state index contributed by atoms with van der Waals surface area (Å²) in [7, 11) is 0. The third-order valence-corrected chi connectivity index (χ3v) is 2.97. The van der Waals surface area contributed by atoms with E-state index in [2.05, 4.69) is 0 Å². The summed E-state index contributed by atoms with van der Waals surface area (Å²) >= 11 is 5.01. The third-order valence-electron chi connectivity index (χ3n) is 2.75. The molecule has 1 aliphatic carbocycles. The van der Waals surface area contributed by atoms with Gasteiger partial charge in [0.05, 0.1) is 11.7 Å². The van der Waals surface area contributed by atoms with Crippen LogP contribution in [0.1, 0.15) is 30.4 Å². The van der Waals surface area contributed by atoms with Gasteiger partial charge in [0.2, 0.25) is 0 Å². The molecule has 0 bridgehead atoms. The minimum absolute atomic E-state index is 0.362. The number of rotatable bonds is 3. The molecule has 1 aromatic rings. The molecule has 2 N–H and O–H groups in total. The lowest BCUT2D eigenvalue weighted by atomic mass is 9.96. The van der Waals surface area contributed by atoms with Gasteiger partial charge in [-0.1, -0.05) is 23.8 Å².